The number of hydrogen-bond acceptors (Lipinski definition) is 8. The van der Waals surface area contributed by atoms with Crippen molar-refractivity contribution in [2.75, 3.05) is 24.6 Å². The van der Waals surface area contributed by atoms with E-state index in [4.69, 9.17) is 20.2 Å². The Balaban J connectivity index is 1.29. The molecule has 5 rings (SSSR count). The lowest BCUT2D eigenvalue weighted by Gasteiger charge is -2.41. The predicted molar refractivity (Wildman–Crippen MR) is 135 cm³/mol. The van der Waals surface area contributed by atoms with Crippen molar-refractivity contribution in [1.82, 2.24) is 19.9 Å². The number of nitrogens with two attached hydrogens (primary N) is 1. The maximum atomic E-state index is 12.7. The van der Waals surface area contributed by atoms with Gasteiger partial charge in [0.15, 0.2) is 5.60 Å². The molecule has 3 aromatic rings. The summed E-state index contributed by atoms with van der Waals surface area (Å²) in [5, 5.41) is 16.9. The molecule has 11 heteroatoms. The largest absolute Gasteiger partial charge is 0.492 e. The van der Waals surface area contributed by atoms with Crippen molar-refractivity contribution in [3.05, 3.63) is 42.4 Å². The van der Waals surface area contributed by atoms with Crippen molar-refractivity contribution >= 4 is 23.3 Å². The molecule has 192 valence electrons. The SMILES string of the molecule is CCOc1cc(-c2ccc(N3CCC(C)(NC(=O)C4(OC(N)=O)CC4)CC3)nc2)c2c(C#N)cnn2c1. The Morgan fingerprint density at radius 2 is 1.97 bits per heavy atom. The van der Waals surface area contributed by atoms with Gasteiger partial charge in [0.05, 0.1) is 30.1 Å². The van der Waals surface area contributed by atoms with E-state index in [2.05, 4.69) is 21.4 Å². The number of primary amides is 1. The van der Waals surface area contributed by atoms with Crippen LogP contribution in [-0.2, 0) is 9.53 Å². The second kappa shape index (κ2) is 9.28. The number of piperidine rings is 1. The fourth-order valence-electron chi connectivity index (χ4n) is 4.80. The molecule has 1 aliphatic heterocycles. The van der Waals surface area contributed by atoms with Crippen LogP contribution in [0.1, 0.15) is 45.1 Å². The number of amides is 2. The molecule has 0 bridgehead atoms. The summed E-state index contributed by atoms with van der Waals surface area (Å²) in [4.78, 5) is 30.8. The Kier molecular flexibility index (Phi) is 6.11. The second-order valence-electron chi connectivity index (χ2n) is 9.81. The van der Waals surface area contributed by atoms with Crippen LogP contribution in [0.15, 0.2) is 36.8 Å². The van der Waals surface area contributed by atoms with Crippen molar-refractivity contribution in [2.24, 2.45) is 5.73 Å². The number of nitriles is 1. The molecule has 0 radical (unpaired) electrons. The second-order valence-corrected chi connectivity index (χ2v) is 9.81. The van der Waals surface area contributed by atoms with Gasteiger partial charge >= 0.3 is 6.09 Å². The number of rotatable bonds is 7. The number of carbonyl (C=O) groups is 2. The van der Waals surface area contributed by atoms with Gasteiger partial charge in [-0.2, -0.15) is 10.4 Å². The summed E-state index contributed by atoms with van der Waals surface area (Å²) < 4.78 is 12.4. The number of anilines is 1. The molecule has 0 unspecified atom stereocenters. The highest BCUT2D eigenvalue weighted by atomic mass is 16.6. The number of nitrogens with zero attached hydrogens (tertiary/aromatic N) is 5. The molecule has 11 nitrogen and oxygen atoms in total. The minimum atomic E-state index is -1.10. The maximum Gasteiger partial charge on any atom is 0.405 e. The Morgan fingerprint density at radius 1 is 1.22 bits per heavy atom. The summed E-state index contributed by atoms with van der Waals surface area (Å²) >= 11 is 0. The van der Waals surface area contributed by atoms with E-state index >= 15 is 0 Å². The van der Waals surface area contributed by atoms with Crippen LogP contribution >= 0.6 is 0 Å². The quantitative estimate of drug-likeness (QED) is 0.500. The zero-order valence-electron chi connectivity index (χ0n) is 20.9. The molecule has 1 saturated carbocycles. The van der Waals surface area contributed by atoms with Crippen molar-refractivity contribution < 1.29 is 19.1 Å². The first kappa shape index (κ1) is 24.4. The van der Waals surface area contributed by atoms with Crippen molar-refractivity contribution in [2.45, 2.75) is 50.7 Å². The smallest absolute Gasteiger partial charge is 0.405 e. The first-order chi connectivity index (χ1) is 17.8. The Bertz CT molecular complexity index is 1380. The van der Waals surface area contributed by atoms with E-state index in [1.165, 1.54) is 0 Å². The van der Waals surface area contributed by atoms with Gasteiger partial charge in [0.25, 0.3) is 5.91 Å². The van der Waals surface area contributed by atoms with Gasteiger partial charge in [-0.1, -0.05) is 0 Å². The average molecular weight is 504 g/mol. The van der Waals surface area contributed by atoms with E-state index in [9.17, 15) is 14.9 Å². The molecule has 4 heterocycles. The van der Waals surface area contributed by atoms with Gasteiger partial charge in [-0.15, -0.1) is 0 Å². The molecule has 3 N–H and O–H groups in total. The highest BCUT2D eigenvalue weighted by Crippen LogP contribution is 2.41. The van der Waals surface area contributed by atoms with Crippen LogP contribution < -0.4 is 20.7 Å². The van der Waals surface area contributed by atoms with E-state index < -0.39 is 17.2 Å². The molecule has 0 aromatic carbocycles. The van der Waals surface area contributed by atoms with Gasteiger partial charge in [0.1, 0.15) is 17.6 Å². The predicted octanol–water partition coefficient (Wildman–Crippen LogP) is 2.77. The molecule has 0 spiro atoms. The fourth-order valence-corrected chi connectivity index (χ4v) is 4.80. The van der Waals surface area contributed by atoms with Crippen molar-refractivity contribution in [3.63, 3.8) is 0 Å². The van der Waals surface area contributed by atoms with Gasteiger partial charge in [-0.3, -0.25) is 4.79 Å². The lowest BCUT2D eigenvalue weighted by molar-refractivity contribution is -0.133. The molecular weight excluding hydrogens is 474 g/mol. The number of pyridine rings is 2. The van der Waals surface area contributed by atoms with Crippen molar-refractivity contribution in [1.29, 1.82) is 5.26 Å². The minimum Gasteiger partial charge on any atom is -0.492 e. The number of fused-ring (bicyclic) bond motifs is 1. The third-order valence-electron chi connectivity index (χ3n) is 7.10. The molecule has 0 atom stereocenters. The molecule has 3 aromatic heterocycles. The molecule has 2 fully saturated rings. The molecule has 37 heavy (non-hydrogen) atoms. The number of aromatic nitrogens is 3. The third kappa shape index (κ3) is 4.74. The number of ether oxygens (including phenoxy) is 2. The third-order valence-corrected chi connectivity index (χ3v) is 7.10. The van der Waals surface area contributed by atoms with E-state index in [1.807, 2.05) is 32.0 Å². The average Bonchev–Trinajstić information content (AvgIpc) is 3.54. The van der Waals surface area contributed by atoms with Crippen LogP contribution in [0, 0.1) is 11.3 Å². The molecule has 1 aliphatic carbocycles. The van der Waals surface area contributed by atoms with Crippen LogP contribution in [0.4, 0.5) is 10.6 Å². The van der Waals surface area contributed by atoms with Gasteiger partial charge < -0.3 is 25.4 Å². The summed E-state index contributed by atoms with van der Waals surface area (Å²) in [7, 11) is 0. The first-order valence-corrected chi connectivity index (χ1v) is 12.3. The van der Waals surface area contributed by atoms with E-state index in [0.29, 0.717) is 62.2 Å². The maximum absolute atomic E-state index is 12.7. The van der Waals surface area contributed by atoms with Crippen LogP contribution in [-0.4, -0.2) is 57.4 Å². The van der Waals surface area contributed by atoms with Crippen LogP contribution in [0.25, 0.3) is 16.6 Å². The van der Waals surface area contributed by atoms with E-state index in [-0.39, 0.29) is 5.91 Å². The Labute approximate surface area is 214 Å². The van der Waals surface area contributed by atoms with E-state index in [0.717, 1.165) is 16.9 Å². The molecule has 2 amide bonds. The molecule has 1 saturated heterocycles. The fraction of sp³-hybridized carbons (Fsp3) is 0.423. The van der Waals surface area contributed by atoms with Gasteiger partial charge in [0.2, 0.25) is 0 Å². The van der Waals surface area contributed by atoms with E-state index in [1.54, 1.807) is 23.1 Å². The van der Waals surface area contributed by atoms with Crippen molar-refractivity contribution in [3.8, 4) is 22.9 Å². The lowest BCUT2D eigenvalue weighted by atomic mass is 9.89. The Hall–Kier alpha value is -4.33. The monoisotopic (exact) mass is 503 g/mol. The van der Waals surface area contributed by atoms with Crippen LogP contribution in [0.5, 0.6) is 5.75 Å². The summed E-state index contributed by atoms with van der Waals surface area (Å²) in [6, 6.07) is 8.05. The summed E-state index contributed by atoms with van der Waals surface area (Å²) in [6.07, 6.45) is 6.60. The van der Waals surface area contributed by atoms with Gasteiger partial charge in [0, 0.05) is 48.8 Å². The number of nitrogens with one attached hydrogen (secondary N) is 1. The Morgan fingerprint density at radius 3 is 2.57 bits per heavy atom. The van der Waals surface area contributed by atoms with Crippen LogP contribution in [0.3, 0.4) is 0 Å². The number of hydrogen-bond donors (Lipinski definition) is 2. The zero-order chi connectivity index (χ0) is 26.2. The first-order valence-electron chi connectivity index (χ1n) is 12.3. The van der Waals surface area contributed by atoms with Gasteiger partial charge in [-0.25, -0.2) is 14.3 Å². The standard InChI is InChI=1S/C26H29N7O4/c1-3-36-19-12-20(22-18(13-27)15-30-33(22)16-19)17-4-5-21(29-14-17)32-10-8-25(2,9-11-32)31-23(34)26(6-7-26)37-24(28)35/h4-5,12,14-16H,3,6-11H2,1-2H3,(H2,28,35)(H,31,34). The lowest BCUT2D eigenvalue weighted by Crippen LogP contribution is -2.56. The van der Waals surface area contributed by atoms with Crippen LogP contribution in [0.2, 0.25) is 0 Å². The molecule has 2 aliphatic rings. The summed E-state index contributed by atoms with van der Waals surface area (Å²) in [5.41, 5.74) is 6.48. The highest BCUT2D eigenvalue weighted by Gasteiger charge is 2.55. The van der Waals surface area contributed by atoms with Gasteiger partial charge in [-0.05, 0) is 44.9 Å². The minimum absolute atomic E-state index is 0.276. The normalized spacial score (nSPS) is 17.6. The topological polar surface area (TPSA) is 148 Å². The summed E-state index contributed by atoms with van der Waals surface area (Å²) in [5.74, 6) is 1.22. The summed E-state index contributed by atoms with van der Waals surface area (Å²) in [6.45, 7) is 5.85. The zero-order valence-corrected chi connectivity index (χ0v) is 20.9. The highest BCUT2D eigenvalue weighted by molar-refractivity contribution is 5.91. The molecular formula is C26H29N7O4. The number of carbonyl (C=O) groups excluding carboxylic acids is 2.